The molecule has 0 aromatic heterocycles. The second kappa shape index (κ2) is 6.39. The van der Waals surface area contributed by atoms with Gasteiger partial charge in [-0.1, -0.05) is 30.4 Å². The number of benzene rings is 2. The molecule has 6 atom stereocenters. The van der Waals surface area contributed by atoms with E-state index < -0.39 is 0 Å². The molecule has 3 fully saturated rings. The van der Waals surface area contributed by atoms with Crippen molar-refractivity contribution in [2.24, 2.45) is 35.5 Å². The highest BCUT2D eigenvalue weighted by Crippen LogP contribution is 2.65. The van der Waals surface area contributed by atoms with Gasteiger partial charge >= 0.3 is 0 Å². The highest BCUT2D eigenvalue weighted by molar-refractivity contribution is 6.22. The van der Waals surface area contributed by atoms with E-state index >= 15 is 0 Å². The first-order valence-electron chi connectivity index (χ1n) is 11.0. The molecule has 7 rings (SSSR count). The number of anilines is 2. The van der Waals surface area contributed by atoms with Crippen molar-refractivity contribution in [3.63, 3.8) is 0 Å². The van der Waals surface area contributed by atoms with Gasteiger partial charge in [0.25, 0.3) is 5.91 Å². The van der Waals surface area contributed by atoms with Gasteiger partial charge in [-0.2, -0.15) is 0 Å². The van der Waals surface area contributed by atoms with Crippen LogP contribution >= 0.6 is 0 Å². The Kier molecular flexibility index (Phi) is 3.83. The van der Waals surface area contributed by atoms with Crippen molar-refractivity contribution in [2.45, 2.75) is 20.3 Å². The average Bonchev–Trinajstić information content (AvgIpc) is 3.54. The van der Waals surface area contributed by atoms with Gasteiger partial charge < -0.3 is 5.32 Å². The van der Waals surface area contributed by atoms with Crippen molar-refractivity contribution in [1.82, 2.24) is 0 Å². The maximum absolute atomic E-state index is 13.2. The first-order chi connectivity index (χ1) is 15.0. The molecule has 1 N–H and O–H groups in total. The number of hydrogen-bond donors (Lipinski definition) is 1. The Hall–Kier alpha value is -3.21. The van der Waals surface area contributed by atoms with Crippen LogP contribution < -0.4 is 10.2 Å². The van der Waals surface area contributed by atoms with Crippen LogP contribution in [-0.2, 0) is 9.59 Å². The van der Waals surface area contributed by atoms with E-state index in [1.54, 1.807) is 24.3 Å². The Bertz CT molecular complexity index is 1110. The molecule has 4 aliphatic carbocycles. The summed E-state index contributed by atoms with van der Waals surface area (Å²) < 4.78 is 0. The number of allylic oxidation sites excluding steroid dienone is 2. The van der Waals surface area contributed by atoms with E-state index in [2.05, 4.69) is 17.5 Å². The van der Waals surface area contributed by atoms with Gasteiger partial charge in [-0.3, -0.25) is 19.3 Å². The number of aryl methyl sites for hydroxylation is 2. The molecule has 0 spiro atoms. The SMILES string of the molecule is Cc1cccc(C)c1NC(=O)c1ccc(N2C(=O)[C@@H]3[C@H]4C=C[C@@H]([C@@H]5C[C@H]45)[C@H]3C2=O)cc1. The number of imide groups is 1. The van der Waals surface area contributed by atoms with E-state index in [-0.39, 0.29) is 41.4 Å². The summed E-state index contributed by atoms with van der Waals surface area (Å²) in [5.74, 6) is 0.816. The van der Waals surface area contributed by atoms with Crippen LogP contribution in [0.5, 0.6) is 0 Å². The smallest absolute Gasteiger partial charge is 0.255 e. The lowest BCUT2D eigenvalue weighted by Gasteiger charge is -2.37. The molecule has 2 bridgehead atoms. The molecule has 3 amide bonds. The van der Waals surface area contributed by atoms with Crippen molar-refractivity contribution in [2.75, 3.05) is 10.2 Å². The molecular formula is C26H24N2O3. The number of hydrogen-bond acceptors (Lipinski definition) is 3. The Labute approximate surface area is 181 Å². The van der Waals surface area contributed by atoms with Crippen molar-refractivity contribution in [3.05, 3.63) is 71.3 Å². The minimum Gasteiger partial charge on any atom is -0.322 e. The highest BCUT2D eigenvalue weighted by atomic mass is 16.2. The largest absolute Gasteiger partial charge is 0.322 e. The summed E-state index contributed by atoms with van der Waals surface area (Å²) in [6.45, 7) is 3.92. The number of rotatable bonds is 3. The summed E-state index contributed by atoms with van der Waals surface area (Å²) >= 11 is 0. The summed E-state index contributed by atoms with van der Waals surface area (Å²) in [6.07, 6.45) is 5.51. The third-order valence-electron chi connectivity index (χ3n) is 7.77. The molecule has 156 valence electrons. The van der Waals surface area contributed by atoms with E-state index in [0.29, 0.717) is 23.1 Å². The van der Waals surface area contributed by atoms with Gasteiger partial charge in [-0.15, -0.1) is 0 Å². The molecule has 2 aromatic carbocycles. The van der Waals surface area contributed by atoms with Crippen LogP contribution in [0.3, 0.4) is 0 Å². The summed E-state index contributed by atoms with van der Waals surface area (Å²) in [5.41, 5.74) is 3.86. The maximum atomic E-state index is 13.2. The van der Waals surface area contributed by atoms with Gasteiger partial charge in [-0.25, -0.2) is 0 Å². The van der Waals surface area contributed by atoms with Crippen LogP contribution in [0.2, 0.25) is 0 Å². The molecule has 2 aromatic rings. The lowest BCUT2D eigenvalue weighted by Crippen LogP contribution is -2.40. The molecule has 0 unspecified atom stereocenters. The van der Waals surface area contributed by atoms with Gasteiger partial charge in [0.05, 0.1) is 17.5 Å². The van der Waals surface area contributed by atoms with E-state index in [1.165, 1.54) is 4.90 Å². The van der Waals surface area contributed by atoms with Gasteiger partial charge in [-0.05, 0) is 79.3 Å². The molecule has 5 heteroatoms. The lowest BCUT2D eigenvalue weighted by atomic mass is 9.63. The van der Waals surface area contributed by atoms with Crippen LogP contribution in [0.25, 0.3) is 0 Å². The van der Waals surface area contributed by atoms with Gasteiger partial charge in [0.2, 0.25) is 11.8 Å². The summed E-state index contributed by atoms with van der Waals surface area (Å²) in [6, 6.07) is 12.7. The van der Waals surface area contributed by atoms with Crippen molar-refractivity contribution < 1.29 is 14.4 Å². The van der Waals surface area contributed by atoms with Crippen LogP contribution in [0.15, 0.2) is 54.6 Å². The Morgan fingerprint density at radius 3 is 1.97 bits per heavy atom. The van der Waals surface area contributed by atoms with Crippen molar-refractivity contribution in [1.29, 1.82) is 0 Å². The Balaban J connectivity index is 1.24. The fourth-order valence-corrected chi connectivity index (χ4v) is 6.17. The minimum absolute atomic E-state index is 0.0764. The third-order valence-corrected chi connectivity index (χ3v) is 7.77. The minimum atomic E-state index is -0.210. The van der Waals surface area contributed by atoms with Crippen LogP contribution in [-0.4, -0.2) is 17.7 Å². The predicted octanol–water partition coefficient (Wildman–Crippen LogP) is 4.11. The molecule has 0 radical (unpaired) electrons. The molecule has 1 aliphatic heterocycles. The molecular weight excluding hydrogens is 388 g/mol. The quantitative estimate of drug-likeness (QED) is 0.609. The first-order valence-corrected chi connectivity index (χ1v) is 11.0. The van der Waals surface area contributed by atoms with Crippen molar-refractivity contribution in [3.8, 4) is 0 Å². The first kappa shape index (κ1) is 18.6. The number of carbonyl (C=O) groups is 3. The normalized spacial score (nSPS) is 32.1. The number of amides is 3. The molecule has 2 saturated carbocycles. The van der Waals surface area contributed by atoms with Crippen LogP contribution in [0.1, 0.15) is 27.9 Å². The summed E-state index contributed by atoms with van der Waals surface area (Å²) in [7, 11) is 0. The number of para-hydroxylation sites is 1. The van der Waals surface area contributed by atoms with Gasteiger partial charge in [0, 0.05) is 11.3 Å². The monoisotopic (exact) mass is 412 g/mol. The zero-order chi connectivity index (χ0) is 21.4. The summed E-state index contributed by atoms with van der Waals surface area (Å²) in [5, 5.41) is 2.98. The zero-order valence-electron chi connectivity index (χ0n) is 17.5. The maximum Gasteiger partial charge on any atom is 0.255 e. The fraction of sp³-hybridized carbons (Fsp3) is 0.346. The van der Waals surface area contributed by atoms with Crippen LogP contribution in [0.4, 0.5) is 11.4 Å². The van der Waals surface area contributed by atoms with Crippen LogP contribution in [0, 0.1) is 49.4 Å². The number of carbonyl (C=O) groups excluding carboxylic acids is 3. The lowest BCUT2D eigenvalue weighted by molar-refractivity contribution is -0.124. The zero-order valence-corrected chi connectivity index (χ0v) is 17.5. The highest BCUT2D eigenvalue weighted by Gasteiger charge is 2.67. The second-order valence-corrected chi connectivity index (χ2v) is 9.43. The fourth-order valence-electron chi connectivity index (χ4n) is 6.17. The Morgan fingerprint density at radius 1 is 0.871 bits per heavy atom. The molecule has 5 aliphatic rings. The third kappa shape index (κ3) is 2.59. The standard InChI is InChI=1S/C26H24N2O3/c1-13-4-3-5-14(2)23(13)27-24(29)15-6-8-16(9-7-15)28-25(30)21-17-10-11-18(20-12-19(17)20)22(21)26(28)31/h3-11,17-22H,12H2,1-2H3,(H,27,29)/t17-,18-,19-,20+,21+,22+/m0/s1. The van der Waals surface area contributed by atoms with E-state index in [1.807, 2.05) is 32.0 Å². The topological polar surface area (TPSA) is 66.5 Å². The van der Waals surface area contributed by atoms with E-state index in [0.717, 1.165) is 23.2 Å². The molecule has 5 nitrogen and oxygen atoms in total. The Morgan fingerprint density at radius 2 is 1.42 bits per heavy atom. The second-order valence-electron chi connectivity index (χ2n) is 9.43. The average molecular weight is 412 g/mol. The molecule has 31 heavy (non-hydrogen) atoms. The van der Waals surface area contributed by atoms with Gasteiger partial charge in [0.15, 0.2) is 0 Å². The molecule has 1 heterocycles. The number of nitrogens with one attached hydrogen (secondary N) is 1. The predicted molar refractivity (Wildman–Crippen MR) is 118 cm³/mol. The van der Waals surface area contributed by atoms with E-state index in [4.69, 9.17) is 0 Å². The summed E-state index contributed by atoms with van der Waals surface area (Å²) in [4.78, 5) is 40.6. The molecule has 1 saturated heterocycles. The van der Waals surface area contributed by atoms with Crippen molar-refractivity contribution >= 4 is 29.1 Å². The van der Waals surface area contributed by atoms with Gasteiger partial charge in [0.1, 0.15) is 0 Å². The van der Waals surface area contributed by atoms with E-state index in [9.17, 15) is 14.4 Å². The number of nitrogens with zero attached hydrogens (tertiary/aromatic N) is 1.